The number of ether oxygens (including phenoxy) is 1. The second-order valence-corrected chi connectivity index (χ2v) is 5.99. The maximum absolute atomic E-state index is 12.6. The molecule has 0 radical (unpaired) electrons. The van der Waals surface area contributed by atoms with Gasteiger partial charge in [-0.15, -0.1) is 0 Å². The smallest absolute Gasteiger partial charge is 0.373 e. The summed E-state index contributed by atoms with van der Waals surface area (Å²) >= 11 is 2.14. The Morgan fingerprint density at radius 3 is 2.95 bits per heavy atom. The van der Waals surface area contributed by atoms with E-state index < -0.39 is 19.1 Å². The van der Waals surface area contributed by atoms with Gasteiger partial charge in [-0.25, -0.2) is 9.78 Å². The Morgan fingerprint density at radius 1 is 1.59 bits per heavy atom. The van der Waals surface area contributed by atoms with E-state index >= 15 is 0 Å². The number of halogens is 1. The number of hydrogen-bond donors (Lipinski definition) is 2. The number of carbonyl (C=O) groups is 1. The van der Waals surface area contributed by atoms with Crippen molar-refractivity contribution in [3.8, 4) is 0 Å². The minimum Gasteiger partial charge on any atom is -0.467 e. The molecule has 0 aliphatic heterocycles. The molecule has 0 saturated carbocycles. The molecule has 1 atom stereocenters. The van der Waals surface area contributed by atoms with E-state index in [-0.39, 0.29) is 12.1 Å². The van der Waals surface area contributed by atoms with Crippen LogP contribution in [0.2, 0.25) is 6.82 Å². The fourth-order valence-electron chi connectivity index (χ4n) is 2.04. The van der Waals surface area contributed by atoms with E-state index in [0.717, 1.165) is 3.57 Å². The number of esters is 1. The van der Waals surface area contributed by atoms with E-state index in [1.165, 1.54) is 24.8 Å². The van der Waals surface area contributed by atoms with Crippen molar-refractivity contribution in [3.05, 3.63) is 38.5 Å². The Morgan fingerprint density at radius 2 is 2.32 bits per heavy atom. The number of rotatable bonds is 5. The van der Waals surface area contributed by atoms with Crippen molar-refractivity contribution in [2.75, 3.05) is 13.7 Å². The van der Waals surface area contributed by atoms with Gasteiger partial charge in [0.15, 0.2) is 0 Å². The Bertz CT molecular complexity index is 750. The van der Waals surface area contributed by atoms with Gasteiger partial charge in [0, 0.05) is 10.1 Å². The molecule has 0 amide bonds. The number of aromatic nitrogens is 2. The van der Waals surface area contributed by atoms with Crippen LogP contribution in [0.25, 0.3) is 10.9 Å². The van der Waals surface area contributed by atoms with Gasteiger partial charge in [0.1, 0.15) is 6.04 Å². The number of nitrogens with one attached hydrogen (secondary N) is 1. The SMILES string of the molecule is COC(=O)[C@H](CNB(C)O)n1cnc2cc(I)ccc2c1=O. The van der Waals surface area contributed by atoms with Crippen LogP contribution in [0, 0.1) is 3.57 Å². The molecule has 2 rings (SSSR count). The first-order chi connectivity index (χ1) is 10.4. The normalized spacial score (nSPS) is 12.2. The number of carbonyl (C=O) groups excluding carboxylic acids is 1. The maximum Gasteiger partial charge on any atom is 0.373 e. The maximum atomic E-state index is 12.6. The minimum absolute atomic E-state index is 0.0573. The second kappa shape index (κ2) is 7.20. The highest BCUT2D eigenvalue weighted by Gasteiger charge is 2.24. The lowest BCUT2D eigenvalue weighted by atomic mass is 9.88. The molecule has 0 spiro atoms. The number of nitrogens with zero attached hydrogens (tertiary/aromatic N) is 2. The highest BCUT2D eigenvalue weighted by Crippen LogP contribution is 2.13. The molecule has 2 aromatic rings. The van der Waals surface area contributed by atoms with Gasteiger partial charge in [-0.2, -0.15) is 0 Å². The van der Waals surface area contributed by atoms with Crippen molar-refractivity contribution < 1.29 is 14.6 Å². The Kier molecular flexibility index (Phi) is 5.54. The van der Waals surface area contributed by atoms with Gasteiger partial charge >= 0.3 is 13.0 Å². The van der Waals surface area contributed by atoms with Gasteiger partial charge in [0.2, 0.25) is 0 Å². The van der Waals surface area contributed by atoms with E-state index in [4.69, 9.17) is 4.74 Å². The molecule has 2 N–H and O–H groups in total. The Labute approximate surface area is 141 Å². The molecule has 1 aromatic heterocycles. The van der Waals surface area contributed by atoms with Crippen LogP contribution in [0.5, 0.6) is 0 Å². The molecule has 0 bridgehead atoms. The lowest BCUT2D eigenvalue weighted by molar-refractivity contribution is -0.144. The summed E-state index contributed by atoms with van der Waals surface area (Å²) in [5.74, 6) is -0.582. The first-order valence-electron chi connectivity index (χ1n) is 6.59. The summed E-state index contributed by atoms with van der Waals surface area (Å²) in [5.41, 5.74) is 0.240. The molecule has 0 fully saturated rings. The molecular formula is C13H15BIN3O4. The molecular weight excluding hydrogens is 400 g/mol. The molecule has 1 heterocycles. The van der Waals surface area contributed by atoms with Crippen LogP contribution < -0.4 is 10.8 Å². The van der Waals surface area contributed by atoms with Crippen LogP contribution in [-0.4, -0.2) is 41.2 Å². The summed E-state index contributed by atoms with van der Waals surface area (Å²) in [6, 6.07) is 4.38. The molecule has 7 nitrogen and oxygen atoms in total. The lowest BCUT2D eigenvalue weighted by Gasteiger charge is -2.18. The second-order valence-electron chi connectivity index (χ2n) is 4.74. The molecule has 0 aliphatic rings. The van der Waals surface area contributed by atoms with Gasteiger partial charge < -0.3 is 15.0 Å². The largest absolute Gasteiger partial charge is 0.467 e. The summed E-state index contributed by atoms with van der Waals surface area (Å²) in [5, 5.41) is 12.4. The third-order valence-corrected chi connectivity index (χ3v) is 3.83. The van der Waals surface area contributed by atoms with Crippen molar-refractivity contribution in [3.63, 3.8) is 0 Å². The van der Waals surface area contributed by atoms with E-state index in [0.29, 0.717) is 10.9 Å². The van der Waals surface area contributed by atoms with Crippen molar-refractivity contribution in [2.45, 2.75) is 12.9 Å². The molecule has 9 heteroatoms. The number of fused-ring (bicyclic) bond motifs is 1. The number of benzene rings is 1. The highest BCUT2D eigenvalue weighted by atomic mass is 127. The Balaban J connectivity index is 2.49. The van der Waals surface area contributed by atoms with Crippen molar-refractivity contribution in [1.29, 1.82) is 0 Å². The van der Waals surface area contributed by atoms with E-state index in [1.807, 2.05) is 0 Å². The average molecular weight is 415 g/mol. The third kappa shape index (κ3) is 3.65. The molecule has 0 aliphatic carbocycles. The monoisotopic (exact) mass is 415 g/mol. The van der Waals surface area contributed by atoms with Crippen LogP contribution in [0.4, 0.5) is 0 Å². The molecule has 0 unspecified atom stereocenters. The van der Waals surface area contributed by atoms with Crippen molar-refractivity contribution in [2.24, 2.45) is 0 Å². The third-order valence-electron chi connectivity index (χ3n) is 3.16. The lowest BCUT2D eigenvalue weighted by Crippen LogP contribution is -2.42. The molecule has 1 aromatic carbocycles. The summed E-state index contributed by atoms with van der Waals surface area (Å²) in [6.07, 6.45) is 1.33. The van der Waals surface area contributed by atoms with Gasteiger partial charge in [0.25, 0.3) is 5.56 Å². The first-order valence-corrected chi connectivity index (χ1v) is 7.67. The van der Waals surface area contributed by atoms with Crippen molar-refractivity contribution >= 4 is 46.5 Å². The Hall–Kier alpha value is -1.46. The summed E-state index contributed by atoms with van der Waals surface area (Å²) in [6.45, 7) is 1.58. The fraction of sp³-hybridized carbons (Fsp3) is 0.308. The van der Waals surface area contributed by atoms with E-state index in [2.05, 4.69) is 32.8 Å². The summed E-state index contributed by atoms with van der Waals surface area (Å²) < 4.78 is 6.92. The minimum atomic E-state index is -0.900. The van der Waals surface area contributed by atoms with Crippen molar-refractivity contribution in [1.82, 2.24) is 14.8 Å². The quantitative estimate of drug-likeness (QED) is 0.418. The van der Waals surface area contributed by atoms with Gasteiger partial charge in [0.05, 0.1) is 24.3 Å². The fourth-order valence-corrected chi connectivity index (χ4v) is 2.52. The van der Waals surface area contributed by atoms with E-state index in [9.17, 15) is 14.6 Å². The standard InChI is InChI=1S/C13H15BIN3O4/c1-14(21)17-6-11(13(20)22-2)18-7-16-10-5-8(15)3-4-9(10)12(18)19/h3-5,7,11,17,21H,6H2,1-2H3/t11-/m0/s1. The summed E-state index contributed by atoms with van der Waals surface area (Å²) in [7, 11) is 0.442. The van der Waals surface area contributed by atoms with Crippen LogP contribution in [0.3, 0.4) is 0 Å². The average Bonchev–Trinajstić information content (AvgIpc) is 2.48. The summed E-state index contributed by atoms with van der Waals surface area (Å²) in [4.78, 5) is 28.7. The highest BCUT2D eigenvalue weighted by molar-refractivity contribution is 14.1. The van der Waals surface area contributed by atoms with Crippen LogP contribution in [0.1, 0.15) is 6.04 Å². The van der Waals surface area contributed by atoms with E-state index in [1.54, 1.807) is 18.2 Å². The predicted molar refractivity (Wildman–Crippen MR) is 91.6 cm³/mol. The number of hydrogen-bond acceptors (Lipinski definition) is 6. The number of methoxy groups -OCH3 is 1. The first kappa shape index (κ1) is 16.9. The molecule has 22 heavy (non-hydrogen) atoms. The van der Waals surface area contributed by atoms with Crippen LogP contribution >= 0.6 is 22.6 Å². The topological polar surface area (TPSA) is 93.4 Å². The molecule has 0 saturated heterocycles. The predicted octanol–water partition coefficient (Wildman–Crippen LogP) is 0.415. The van der Waals surface area contributed by atoms with Gasteiger partial charge in [-0.3, -0.25) is 9.36 Å². The van der Waals surface area contributed by atoms with Gasteiger partial charge in [-0.05, 0) is 47.6 Å². The molecule has 116 valence electrons. The zero-order valence-electron chi connectivity index (χ0n) is 12.1. The van der Waals surface area contributed by atoms with Gasteiger partial charge in [-0.1, -0.05) is 0 Å². The van der Waals surface area contributed by atoms with Crippen LogP contribution in [0.15, 0.2) is 29.3 Å². The zero-order valence-corrected chi connectivity index (χ0v) is 14.3. The zero-order chi connectivity index (χ0) is 16.3. The van der Waals surface area contributed by atoms with Crippen LogP contribution in [-0.2, 0) is 9.53 Å².